The van der Waals surface area contributed by atoms with Crippen LogP contribution in [0.4, 0.5) is 8.78 Å². The fourth-order valence-electron chi connectivity index (χ4n) is 3.13. The Kier molecular flexibility index (Phi) is 3.80. The van der Waals surface area contributed by atoms with Crippen molar-refractivity contribution in [1.82, 2.24) is 15.1 Å². The number of halogens is 2. The van der Waals surface area contributed by atoms with Crippen molar-refractivity contribution in [2.24, 2.45) is 0 Å². The average Bonchev–Trinajstić information content (AvgIpc) is 3.05. The van der Waals surface area contributed by atoms with E-state index in [2.05, 4.69) is 10.2 Å². The summed E-state index contributed by atoms with van der Waals surface area (Å²) in [5, 5.41) is 6.74. The first-order valence-electron chi connectivity index (χ1n) is 7.99. The van der Waals surface area contributed by atoms with Gasteiger partial charge in [-0.2, -0.15) is 5.10 Å². The highest BCUT2D eigenvalue weighted by Crippen LogP contribution is 2.35. The van der Waals surface area contributed by atoms with E-state index >= 15 is 0 Å². The Hall–Kier alpha value is -3.02. The highest BCUT2D eigenvalue weighted by atomic mass is 19.1. The first-order valence-corrected chi connectivity index (χ1v) is 7.99. The maximum absolute atomic E-state index is 13.5. The summed E-state index contributed by atoms with van der Waals surface area (Å²) in [6.07, 6.45) is 2.28. The zero-order valence-corrected chi connectivity index (χ0v) is 13.2. The zero-order chi connectivity index (χ0) is 17.4. The highest BCUT2D eigenvalue weighted by Gasteiger charge is 2.35. The minimum absolute atomic E-state index is 0.0802. The van der Waals surface area contributed by atoms with Crippen LogP contribution in [-0.2, 0) is 0 Å². The van der Waals surface area contributed by atoms with E-state index < -0.39 is 0 Å². The van der Waals surface area contributed by atoms with E-state index in [1.165, 1.54) is 30.5 Å². The molecule has 3 aromatic rings. The van der Waals surface area contributed by atoms with Crippen LogP contribution in [0.15, 0.2) is 54.7 Å². The lowest BCUT2D eigenvalue weighted by Gasteiger charge is -2.41. The van der Waals surface area contributed by atoms with Gasteiger partial charge in [-0.1, -0.05) is 24.3 Å². The number of nitrogens with zero attached hydrogens (tertiary/aromatic N) is 2. The van der Waals surface area contributed by atoms with E-state index in [9.17, 15) is 13.6 Å². The van der Waals surface area contributed by atoms with Crippen LogP contribution in [0.2, 0.25) is 0 Å². The molecule has 0 bridgehead atoms. The van der Waals surface area contributed by atoms with E-state index in [0.29, 0.717) is 23.4 Å². The maximum atomic E-state index is 13.5. The van der Waals surface area contributed by atoms with Gasteiger partial charge in [0.25, 0.3) is 5.91 Å². The molecule has 1 unspecified atom stereocenters. The van der Waals surface area contributed by atoms with Crippen molar-refractivity contribution >= 4 is 5.91 Å². The van der Waals surface area contributed by atoms with Gasteiger partial charge in [-0.15, -0.1) is 0 Å². The lowest BCUT2D eigenvalue weighted by molar-refractivity contribution is 0.0461. The van der Waals surface area contributed by atoms with Gasteiger partial charge in [-0.3, -0.25) is 9.89 Å². The first-order chi connectivity index (χ1) is 12.1. The molecule has 1 fully saturated rings. The molecular weight excluding hydrogens is 324 g/mol. The minimum Gasteiger partial charge on any atom is -0.331 e. The predicted octanol–water partition coefficient (Wildman–Crippen LogP) is 3.94. The van der Waals surface area contributed by atoms with Crippen molar-refractivity contribution in [2.45, 2.75) is 12.5 Å². The summed E-state index contributed by atoms with van der Waals surface area (Å²) in [4.78, 5) is 14.6. The Balaban J connectivity index is 1.62. The lowest BCUT2D eigenvalue weighted by atomic mass is 9.93. The number of amides is 1. The molecule has 0 aliphatic carbocycles. The molecule has 1 amide bonds. The molecule has 4 nitrogen and oxygen atoms in total. The molecule has 1 saturated heterocycles. The summed E-state index contributed by atoms with van der Waals surface area (Å²) in [5.74, 6) is -0.851. The number of aromatic nitrogens is 2. The Bertz CT molecular complexity index is 920. The SMILES string of the molecule is O=C(c1cn[nH]c1-c1cccc(F)c1)N1CCC1c1ccc(F)cc1. The smallest absolute Gasteiger partial charge is 0.258 e. The quantitative estimate of drug-likeness (QED) is 0.786. The Morgan fingerprint density at radius 1 is 1.12 bits per heavy atom. The molecule has 4 rings (SSSR count). The van der Waals surface area contributed by atoms with Crippen LogP contribution in [0.3, 0.4) is 0 Å². The number of benzene rings is 2. The first kappa shape index (κ1) is 15.5. The second-order valence-electron chi connectivity index (χ2n) is 6.02. The summed E-state index contributed by atoms with van der Waals surface area (Å²) in [6, 6.07) is 12.1. The van der Waals surface area contributed by atoms with Crippen LogP contribution >= 0.6 is 0 Å². The van der Waals surface area contributed by atoms with Crippen LogP contribution in [0.5, 0.6) is 0 Å². The monoisotopic (exact) mass is 339 g/mol. The number of likely N-dealkylation sites (tertiary alicyclic amines) is 1. The largest absolute Gasteiger partial charge is 0.331 e. The van der Waals surface area contributed by atoms with E-state index in [0.717, 1.165) is 12.0 Å². The average molecular weight is 339 g/mol. The topological polar surface area (TPSA) is 49.0 Å². The zero-order valence-electron chi connectivity index (χ0n) is 13.2. The van der Waals surface area contributed by atoms with Gasteiger partial charge in [-0.25, -0.2) is 8.78 Å². The molecule has 1 aliphatic heterocycles. The molecule has 1 N–H and O–H groups in total. The molecule has 6 heteroatoms. The van der Waals surface area contributed by atoms with Gasteiger partial charge in [-0.05, 0) is 36.2 Å². The van der Waals surface area contributed by atoms with Crippen LogP contribution in [0.1, 0.15) is 28.4 Å². The van der Waals surface area contributed by atoms with Crippen molar-refractivity contribution < 1.29 is 13.6 Å². The number of nitrogens with one attached hydrogen (secondary N) is 1. The predicted molar refractivity (Wildman–Crippen MR) is 88.8 cm³/mol. The van der Waals surface area contributed by atoms with Gasteiger partial charge in [0.2, 0.25) is 0 Å². The molecular formula is C19H15F2N3O. The van der Waals surface area contributed by atoms with E-state index in [4.69, 9.17) is 0 Å². The van der Waals surface area contributed by atoms with E-state index in [1.54, 1.807) is 29.2 Å². The summed E-state index contributed by atoms with van der Waals surface area (Å²) >= 11 is 0. The maximum Gasteiger partial charge on any atom is 0.258 e. The third-order valence-electron chi connectivity index (χ3n) is 4.52. The van der Waals surface area contributed by atoms with Gasteiger partial charge in [0.15, 0.2) is 0 Å². The molecule has 1 aromatic heterocycles. The third-order valence-corrected chi connectivity index (χ3v) is 4.52. The van der Waals surface area contributed by atoms with E-state index in [-0.39, 0.29) is 23.6 Å². The minimum atomic E-state index is -0.376. The summed E-state index contributed by atoms with van der Waals surface area (Å²) in [6.45, 7) is 0.620. The second kappa shape index (κ2) is 6.12. The fourth-order valence-corrected chi connectivity index (χ4v) is 3.13. The third kappa shape index (κ3) is 2.80. The molecule has 2 aromatic carbocycles. The number of carbonyl (C=O) groups is 1. The molecule has 126 valence electrons. The van der Waals surface area contributed by atoms with Crippen molar-refractivity contribution in [3.63, 3.8) is 0 Å². The standard InChI is InChI=1S/C19H15F2N3O/c20-14-6-4-12(5-7-14)17-8-9-24(17)19(25)16-11-22-23-18(16)13-2-1-3-15(21)10-13/h1-7,10-11,17H,8-9H2,(H,22,23). The van der Waals surface area contributed by atoms with Gasteiger partial charge >= 0.3 is 0 Å². The molecule has 0 spiro atoms. The molecule has 0 saturated carbocycles. The number of aromatic amines is 1. The van der Waals surface area contributed by atoms with E-state index in [1.807, 2.05) is 0 Å². The highest BCUT2D eigenvalue weighted by molar-refractivity contribution is 6.00. The van der Waals surface area contributed by atoms with Gasteiger partial charge < -0.3 is 4.90 Å². The van der Waals surface area contributed by atoms with Crippen molar-refractivity contribution in [3.8, 4) is 11.3 Å². The van der Waals surface area contributed by atoms with Crippen molar-refractivity contribution in [3.05, 3.63) is 77.5 Å². The Labute approximate surface area is 143 Å². The summed E-state index contributed by atoms with van der Waals surface area (Å²) < 4.78 is 26.6. The molecule has 1 aliphatic rings. The van der Waals surface area contributed by atoms with Crippen LogP contribution < -0.4 is 0 Å². The van der Waals surface area contributed by atoms with Crippen molar-refractivity contribution in [1.29, 1.82) is 0 Å². The Morgan fingerprint density at radius 3 is 2.60 bits per heavy atom. The number of rotatable bonds is 3. The molecule has 25 heavy (non-hydrogen) atoms. The fraction of sp³-hybridized carbons (Fsp3) is 0.158. The normalized spacial score (nSPS) is 16.6. The molecule has 1 atom stereocenters. The summed E-state index contributed by atoms with van der Waals surface area (Å²) in [5.41, 5.74) is 2.36. The van der Waals surface area contributed by atoms with Gasteiger partial charge in [0.1, 0.15) is 11.6 Å². The number of hydrogen-bond acceptors (Lipinski definition) is 2. The number of carbonyl (C=O) groups excluding carboxylic acids is 1. The van der Waals surface area contributed by atoms with Crippen LogP contribution in [0, 0.1) is 11.6 Å². The van der Waals surface area contributed by atoms with Crippen LogP contribution in [-0.4, -0.2) is 27.5 Å². The van der Waals surface area contributed by atoms with Gasteiger partial charge in [0, 0.05) is 12.1 Å². The Morgan fingerprint density at radius 2 is 1.92 bits per heavy atom. The number of hydrogen-bond donors (Lipinski definition) is 1. The van der Waals surface area contributed by atoms with Gasteiger partial charge in [0.05, 0.1) is 23.5 Å². The number of H-pyrrole nitrogens is 1. The molecule has 0 radical (unpaired) electrons. The van der Waals surface area contributed by atoms with Crippen LogP contribution in [0.25, 0.3) is 11.3 Å². The lowest BCUT2D eigenvalue weighted by Crippen LogP contribution is -2.45. The molecule has 2 heterocycles. The second-order valence-corrected chi connectivity index (χ2v) is 6.02. The summed E-state index contributed by atoms with van der Waals surface area (Å²) in [7, 11) is 0. The van der Waals surface area contributed by atoms with Crippen molar-refractivity contribution in [2.75, 3.05) is 6.54 Å².